The number of benzene rings is 2. The summed E-state index contributed by atoms with van der Waals surface area (Å²) >= 11 is 0. The number of hydrogen-bond donors (Lipinski definition) is 0. The predicted molar refractivity (Wildman–Crippen MR) is 105 cm³/mol. The summed E-state index contributed by atoms with van der Waals surface area (Å²) in [4.78, 5) is 5.30. The van der Waals surface area contributed by atoms with Crippen molar-refractivity contribution in [2.75, 3.05) is 9.80 Å². The molecule has 5 unspecified atom stereocenters. The lowest BCUT2D eigenvalue weighted by Gasteiger charge is -2.45. The fourth-order valence-electron chi connectivity index (χ4n) is 4.97. The van der Waals surface area contributed by atoms with Gasteiger partial charge in [-0.25, -0.2) is 0 Å². The SMILES string of the molecule is CC1c2ccccc2N2C3C=CC=CC3N(c3ccccc3)C2C1C. The van der Waals surface area contributed by atoms with E-state index in [0.717, 1.165) is 0 Å². The summed E-state index contributed by atoms with van der Waals surface area (Å²) in [7, 11) is 0. The summed E-state index contributed by atoms with van der Waals surface area (Å²) < 4.78 is 0. The van der Waals surface area contributed by atoms with Gasteiger partial charge in [-0.05, 0) is 29.7 Å². The summed E-state index contributed by atoms with van der Waals surface area (Å²) in [6.07, 6.45) is 9.54. The third-order valence-electron chi connectivity index (χ3n) is 6.31. The van der Waals surface area contributed by atoms with E-state index in [1.54, 1.807) is 0 Å². The molecular formula is C23H24N2. The van der Waals surface area contributed by atoms with Gasteiger partial charge in [0.2, 0.25) is 0 Å². The zero-order valence-electron chi connectivity index (χ0n) is 14.8. The van der Waals surface area contributed by atoms with Crippen molar-refractivity contribution in [1.29, 1.82) is 0 Å². The Hall–Kier alpha value is -2.48. The Morgan fingerprint density at radius 2 is 1.36 bits per heavy atom. The van der Waals surface area contributed by atoms with Crippen LogP contribution in [0.2, 0.25) is 0 Å². The van der Waals surface area contributed by atoms with Crippen molar-refractivity contribution >= 4 is 11.4 Å². The molecule has 5 atom stereocenters. The van der Waals surface area contributed by atoms with Crippen molar-refractivity contribution in [3.8, 4) is 0 Å². The Bertz CT molecular complexity index is 838. The first-order valence-corrected chi connectivity index (χ1v) is 9.33. The van der Waals surface area contributed by atoms with E-state index >= 15 is 0 Å². The molecule has 2 nitrogen and oxygen atoms in total. The fraction of sp³-hybridized carbons (Fsp3) is 0.304. The van der Waals surface area contributed by atoms with Crippen LogP contribution < -0.4 is 9.80 Å². The number of rotatable bonds is 1. The third kappa shape index (κ3) is 2.03. The van der Waals surface area contributed by atoms with Gasteiger partial charge in [0.25, 0.3) is 0 Å². The van der Waals surface area contributed by atoms with Crippen LogP contribution in [-0.2, 0) is 0 Å². The molecule has 2 aliphatic heterocycles. The molecule has 1 fully saturated rings. The van der Waals surface area contributed by atoms with E-state index in [1.165, 1.54) is 16.9 Å². The minimum Gasteiger partial charge on any atom is -0.342 e. The van der Waals surface area contributed by atoms with Crippen molar-refractivity contribution in [1.82, 2.24) is 0 Å². The molecule has 5 rings (SSSR count). The molecule has 0 N–H and O–H groups in total. The third-order valence-corrected chi connectivity index (χ3v) is 6.31. The Morgan fingerprint density at radius 3 is 2.12 bits per heavy atom. The molecule has 0 amide bonds. The van der Waals surface area contributed by atoms with E-state index in [9.17, 15) is 0 Å². The standard InChI is InChI=1S/C23H24N2/c1-16-17(2)23-24(18-10-4-3-5-11-18)21-14-8-9-15-22(21)25(23)20-13-7-6-12-19(16)20/h3-17,21-23H,1-2H3. The molecule has 1 aliphatic carbocycles. The van der Waals surface area contributed by atoms with Crippen molar-refractivity contribution < 1.29 is 0 Å². The number of para-hydroxylation sites is 2. The monoisotopic (exact) mass is 328 g/mol. The smallest absolute Gasteiger partial charge is 0.106 e. The fourth-order valence-corrected chi connectivity index (χ4v) is 4.97. The molecule has 2 aromatic rings. The predicted octanol–water partition coefficient (Wildman–Crippen LogP) is 4.96. The quantitative estimate of drug-likeness (QED) is 0.730. The van der Waals surface area contributed by atoms with Crippen LogP contribution >= 0.6 is 0 Å². The zero-order valence-corrected chi connectivity index (χ0v) is 14.8. The van der Waals surface area contributed by atoms with Gasteiger partial charge in [-0.3, -0.25) is 0 Å². The highest BCUT2D eigenvalue weighted by molar-refractivity contribution is 5.68. The van der Waals surface area contributed by atoms with Crippen molar-refractivity contribution in [3.63, 3.8) is 0 Å². The van der Waals surface area contributed by atoms with Crippen LogP contribution in [0.15, 0.2) is 78.9 Å². The van der Waals surface area contributed by atoms with Crippen LogP contribution in [0.5, 0.6) is 0 Å². The summed E-state index contributed by atoms with van der Waals surface area (Å²) in [6.45, 7) is 4.80. The number of anilines is 2. The molecule has 3 aliphatic rings. The minimum absolute atomic E-state index is 0.384. The number of fused-ring (bicyclic) bond motifs is 5. The molecule has 2 heterocycles. The Labute approximate surface area is 150 Å². The molecule has 2 aromatic carbocycles. The van der Waals surface area contributed by atoms with Crippen LogP contribution in [0.3, 0.4) is 0 Å². The van der Waals surface area contributed by atoms with Crippen LogP contribution in [0.25, 0.3) is 0 Å². The molecule has 0 bridgehead atoms. The van der Waals surface area contributed by atoms with Crippen molar-refractivity contribution in [2.45, 2.75) is 38.0 Å². The molecule has 25 heavy (non-hydrogen) atoms. The first-order chi connectivity index (χ1) is 12.3. The second-order valence-electron chi connectivity index (χ2n) is 7.52. The second kappa shape index (κ2) is 5.52. The highest BCUT2D eigenvalue weighted by Crippen LogP contribution is 2.50. The van der Waals surface area contributed by atoms with Crippen LogP contribution in [0, 0.1) is 5.92 Å². The highest BCUT2D eigenvalue weighted by atomic mass is 15.5. The van der Waals surface area contributed by atoms with E-state index in [2.05, 4.69) is 103 Å². The van der Waals surface area contributed by atoms with Gasteiger partial charge in [-0.1, -0.05) is 74.5 Å². The Kier molecular flexibility index (Phi) is 3.27. The molecule has 0 spiro atoms. The lowest BCUT2D eigenvalue weighted by molar-refractivity contribution is 0.373. The number of hydrogen-bond acceptors (Lipinski definition) is 2. The Balaban J connectivity index is 1.71. The summed E-state index contributed by atoms with van der Waals surface area (Å²) in [6, 6.07) is 20.7. The van der Waals surface area contributed by atoms with Gasteiger partial charge in [0, 0.05) is 17.3 Å². The van der Waals surface area contributed by atoms with Gasteiger partial charge in [-0.15, -0.1) is 0 Å². The van der Waals surface area contributed by atoms with E-state index in [4.69, 9.17) is 0 Å². The lowest BCUT2D eigenvalue weighted by atomic mass is 9.81. The first kappa shape index (κ1) is 14.8. The number of allylic oxidation sites excluding steroid dienone is 2. The first-order valence-electron chi connectivity index (χ1n) is 9.33. The molecule has 126 valence electrons. The summed E-state index contributed by atoms with van der Waals surface area (Å²) in [5.74, 6) is 1.11. The summed E-state index contributed by atoms with van der Waals surface area (Å²) in [5, 5.41) is 0. The maximum Gasteiger partial charge on any atom is 0.106 e. The maximum atomic E-state index is 2.66. The van der Waals surface area contributed by atoms with Gasteiger partial charge in [0.05, 0.1) is 12.1 Å². The molecule has 0 radical (unpaired) electrons. The van der Waals surface area contributed by atoms with E-state index < -0.39 is 0 Å². The van der Waals surface area contributed by atoms with Gasteiger partial charge < -0.3 is 9.80 Å². The molecule has 2 heteroatoms. The van der Waals surface area contributed by atoms with Gasteiger partial charge >= 0.3 is 0 Å². The largest absolute Gasteiger partial charge is 0.342 e. The van der Waals surface area contributed by atoms with Gasteiger partial charge in [-0.2, -0.15) is 0 Å². The van der Waals surface area contributed by atoms with Crippen molar-refractivity contribution in [2.24, 2.45) is 5.92 Å². The van der Waals surface area contributed by atoms with Gasteiger partial charge in [0.15, 0.2) is 0 Å². The molecule has 0 saturated carbocycles. The topological polar surface area (TPSA) is 6.48 Å². The molecule has 1 saturated heterocycles. The van der Waals surface area contributed by atoms with E-state index in [-0.39, 0.29) is 0 Å². The normalized spacial score (nSPS) is 32.3. The zero-order chi connectivity index (χ0) is 17.0. The van der Waals surface area contributed by atoms with Crippen LogP contribution in [-0.4, -0.2) is 18.2 Å². The van der Waals surface area contributed by atoms with Crippen LogP contribution in [0.4, 0.5) is 11.4 Å². The van der Waals surface area contributed by atoms with Crippen LogP contribution in [0.1, 0.15) is 25.3 Å². The minimum atomic E-state index is 0.384. The lowest BCUT2D eigenvalue weighted by Crippen LogP contribution is -2.50. The molecular weight excluding hydrogens is 304 g/mol. The Morgan fingerprint density at radius 1 is 0.720 bits per heavy atom. The average molecular weight is 328 g/mol. The highest BCUT2D eigenvalue weighted by Gasteiger charge is 2.51. The maximum absolute atomic E-state index is 2.66. The van der Waals surface area contributed by atoms with E-state index in [0.29, 0.717) is 30.1 Å². The summed E-state index contributed by atoms with van der Waals surface area (Å²) in [5.41, 5.74) is 4.22. The van der Waals surface area contributed by atoms with Gasteiger partial charge in [0.1, 0.15) is 6.17 Å². The van der Waals surface area contributed by atoms with Crippen molar-refractivity contribution in [3.05, 3.63) is 84.5 Å². The van der Waals surface area contributed by atoms with E-state index in [1.807, 2.05) is 0 Å². The molecule has 0 aromatic heterocycles. The second-order valence-corrected chi connectivity index (χ2v) is 7.52. The average Bonchev–Trinajstić information content (AvgIpc) is 3.02. The number of nitrogens with zero attached hydrogens (tertiary/aromatic N) is 2.